The summed E-state index contributed by atoms with van der Waals surface area (Å²) in [5.74, 6) is 0. The number of fused-ring (bicyclic) bond motifs is 3. The number of ether oxygens (including phenoxy) is 1. The van der Waals surface area contributed by atoms with E-state index in [0.29, 0.717) is 16.7 Å². The molecule has 4 heteroatoms. The molecular formula is C16H16Cl2NO. The Bertz CT molecular complexity index is 660. The maximum atomic E-state index is 6.37. The van der Waals surface area contributed by atoms with E-state index in [1.807, 2.05) is 19.1 Å². The average Bonchev–Trinajstić information content (AvgIpc) is 2.83. The molecular weight excluding hydrogens is 293 g/mol. The highest BCUT2D eigenvalue weighted by atomic mass is 35.5. The second-order valence-corrected chi connectivity index (χ2v) is 5.68. The summed E-state index contributed by atoms with van der Waals surface area (Å²) >= 11 is 12.5. The van der Waals surface area contributed by atoms with Crippen molar-refractivity contribution in [2.45, 2.75) is 26.2 Å². The normalized spacial score (nSPS) is 16.1. The number of hydrogen-bond acceptors (Lipinski definition) is 1. The minimum absolute atomic E-state index is 0.600. The number of rotatable bonds is 3. The SMILES string of the molecule is C/C=C/CC[C]1OCCc2c1[nH]c1ccc(Cl)c(Cl)c21. The molecule has 3 rings (SSSR count). The zero-order valence-electron chi connectivity index (χ0n) is 11.3. The van der Waals surface area contributed by atoms with Crippen molar-refractivity contribution in [3.05, 3.63) is 51.7 Å². The smallest absolute Gasteiger partial charge is 0.143 e. The molecule has 105 valence electrons. The molecule has 0 atom stereocenters. The van der Waals surface area contributed by atoms with E-state index in [9.17, 15) is 0 Å². The average molecular weight is 309 g/mol. The molecule has 2 heterocycles. The van der Waals surface area contributed by atoms with Crippen molar-refractivity contribution >= 4 is 34.1 Å². The minimum atomic E-state index is 0.600. The van der Waals surface area contributed by atoms with Crippen LogP contribution in [-0.4, -0.2) is 11.6 Å². The standard InChI is InChI=1S/C16H16Cl2NO/c1-2-3-4-5-13-16-10(8-9-20-13)14-12(19-16)7-6-11(17)15(14)18/h2-3,6-7,19H,4-5,8-9H2,1H3/b3-2+. The summed E-state index contributed by atoms with van der Waals surface area (Å²) in [5, 5.41) is 2.28. The third-order valence-corrected chi connectivity index (χ3v) is 4.44. The summed E-state index contributed by atoms with van der Waals surface area (Å²) in [6.45, 7) is 2.73. The quantitative estimate of drug-likeness (QED) is 0.766. The molecule has 0 fully saturated rings. The van der Waals surface area contributed by atoms with Crippen LogP contribution in [0.2, 0.25) is 10.0 Å². The lowest BCUT2D eigenvalue weighted by Gasteiger charge is -2.22. The molecule has 1 aliphatic rings. The summed E-state index contributed by atoms with van der Waals surface area (Å²) in [4.78, 5) is 3.43. The van der Waals surface area contributed by atoms with E-state index in [-0.39, 0.29) is 0 Å². The summed E-state index contributed by atoms with van der Waals surface area (Å²) in [6, 6.07) is 3.81. The first-order chi connectivity index (χ1) is 9.72. The number of aromatic nitrogens is 1. The largest absolute Gasteiger partial charge is 0.365 e. The maximum absolute atomic E-state index is 6.37. The van der Waals surface area contributed by atoms with E-state index in [2.05, 4.69) is 17.1 Å². The fraction of sp³-hybridized carbons (Fsp3) is 0.312. The molecule has 1 N–H and O–H groups in total. The number of allylic oxidation sites excluding steroid dienone is 2. The lowest BCUT2D eigenvalue weighted by molar-refractivity contribution is 0.141. The monoisotopic (exact) mass is 308 g/mol. The Hall–Kier alpha value is -0.960. The fourth-order valence-electron chi connectivity index (χ4n) is 2.70. The van der Waals surface area contributed by atoms with Gasteiger partial charge >= 0.3 is 0 Å². The number of H-pyrrole nitrogens is 1. The topological polar surface area (TPSA) is 25.0 Å². The number of halogens is 2. The van der Waals surface area contributed by atoms with Gasteiger partial charge in [0.1, 0.15) is 6.10 Å². The molecule has 0 saturated carbocycles. The fourth-order valence-corrected chi connectivity index (χ4v) is 3.14. The first-order valence-corrected chi connectivity index (χ1v) is 7.56. The summed E-state index contributed by atoms with van der Waals surface area (Å²) in [5.41, 5.74) is 3.34. The number of aromatic amines is 1. The lowest BCUT2D eigenvalue weighted by Crippen LogP contribution is -2.16. The van der Waals surface area contributed by atoms with Gasteiger partial charge in [-0.25, -0.2) is 0 Å². The van der Waals surface area contributed by atoms with Gasteiger partial charge in [-0.15, -0.1) is 0 Å². The Morgan fingerprint density at radius 2 is 2.20 bits per heavy atom. The first kappa shape index (κ1) is 14.0. The van der Waals surface area contributed by atoms with E-state index >= 15 is 0 Å². The Morgan fingerprint density at radius 3 is 3.00 bits per heavy atom. The van der Waals surface area contributed by atoms with Gasteiger partial charge in [0, 0.05) is 10.9 Å². The van der Waals surface area contributed by atoms with E-state index in [4.69, 9.17) is 27.9 Å². The third-order valence-electron chi connectivity index (χ3n) is 3.64. The van der Waals surface area contributed by atoms with Crippen molar-refractivity contribution in [2.24, 2.45) is 0 Å². The van der Waals surface area contributed by atoms with Gasteiger partial charge in [-0.05, 0) is 43.9 Å². The van der Waals surface area contributed by atoms with Crippen LogP contribution in [0.25, 0.3) is 10.9 Å². The summed E-state index contributed by atoms with van der Waals surface area (Å²) in [6.07, 6.45) is 7.98. The van der Waals surface area contributed by atoms with E-state index in [0.717, 1.165) is 42.0 Å². The van der Waals surface area contributed by atoms with Crippen LogP contribution in [0, 0.1) is 6.10 Å². The van der Waals surface area contributed by atoms with Gasteiger partial charge < -0.3 is 9.72 Å². The van der Waals surface area contributed by atoms with Gasteiger partial charge in [-0.1, -0.05) is 35.4 Å². The van der Waals surface area contributed by atoms with Crippen LogP contribution in [0.15, 0.2) is 24.3 Å². The van der Waals surface area contributed by atoms with Gasteiger partial charge in [0.25, 0.3) is 0 Å². The molecule has 2 nitrogen and oxygen atoms in total. The van der Waals surface area contributed by atoms with Crippen molar-refractivity contribution in [1.82, 2.24) is 4.98 Å². The molecule has 0 spiro atoms. The highest BCUT2D eigenvalue weighted by Gasteiger charge is 2.26. The molecule has 1 aromatic carbocycles. The third kappa shape index (κ3) is 2.37. The number of benzene rings is 1. The lowest BCUT2D eigenvalue weighted by atomic mass is 9.99. The predicted molar refractivity (Wildman–Crippen MR) is 84.4 cm³/mol. The molecule has 1 radical (unpaired) electrons. The maximum Gasteiger partial charge on any atom is 0.143 e. The number of nitrogens with one attached hydrogen (secondary N) is 1. The highest BCUT2D eigenvalue weighted by Crippen LogP contribution is 2.39. The molecule has 0 aliphatic carbocycles. The Labute approximate surface area is 128 Å². The minimum Gasteiger partial charge on any atom is -0.365 e. The molecule has 2 aromatic rings. The molecule has 0 amide bonds. The van der Waals surface area contributed by atoms with Gasteiger partial charge in [0.15, 0.2) is 0 Å². The molecule has 0 bridgehead atoms. The van der Waals surface area contributed by atoms with Gasteiger partial charge in [0.2, 0.25) is 0 Å². The van der Waals surface area contributed by atoms with Crippen molar-refractivity contribution < 1.29 is 4.74 Å². The van der Waals surface area contributed by atoms with Gasteiger partial charge in [-0.2, -0.15) is 0 Å². The zero-order valence-corrected chi connectivity index (χ0v) is 12.8. The second kappa shape index (κ2) is 5.80. The molecule has 0 saturated heterocycles. The van der Waals surface area contributed by atoms with Crippen LogP contribution in [0.1, 0.15) is 31.0 Å². The number of hydrogen-bond donors (Lipinski definition) is 1. The van der Waals surface area contributed by atoms with Crippen molar-refractivity contribution in [3.63, 3.8) is 0 Å². The van der Waals surface area contributed by atoms with Crippen molar-refractivity contribution in [2.75, 3.05) is 6.61 Å². The zero-order chi connectivity index (χ0) is 14.1. The molecule has 1 aliphatic heterocycles. The van der Waals surface area contributed by atoms with Gasteiger partial charge in [-0.3, -0.25) is 0 Å². The Balaban J connectivity index is 2.04. The van der Waals surface area contributed by atoms with E-state index in [1.165, 1.54) is 5.56 Å². The molecule has 1 aromatic heterocycles. The van der Waals surface area contributed by atoms with Crippen molar-refractivity contribution in [3.8, 4) is 0 Å². The van der Waals surface area contributed by atoms with Gasteiger partial charge in [0.05, 0.1) is 22.3 Å². The van der Waals surface area contributed by atoms with Crippen LogP contribution in [0.4, 0.5) is 0 Å². The first-order valence-electron chi connectivity index (χ1n) is 6.81. The predicted octanol–water partition coefficient (Wildman–Crippen LogP) is 5.28. The summed E-state index contributed by atoms with van der Waals surface area (Å²) < 4.78 is 5.83. The second-order valence-electron chi connectivity index (χ2n) is 4.89. The molecule has 0 unspecified atom stereocenters. The Kier molecular flexibility index (Phi) is 4.06. The van der Waals surface area contributed by atoms with Crippen LogP contribution in [0.5, 0.6) is 0 Å². The molecule has 20 heavy (non-hydrogen) atoms. The van der Waals surface area contributed by atoms with E-state index < -0.39 is 0 Å². The summed E-state index contributed by atoms with van der Waals surface area (Å²) in [7, 11) is 0. The highest BCUT2D eigenvalue weighted by molar-refractivity contribution is 6.45. The Morgan fingerprint density at radius 1 is 1.35 bits per heavy atom. The van der Waals surface area contributed by atoms with Crippen LogP contribution in [-0.2, 0) is 11.2 Å². The van der Waals surface area contributed by atoms with Crippen LogP contribution in [0.3, 0.4) is 0 Å². The van der Waals surface area contributed by atoms with E-state index in [1.54, 1.807) is 0 Å². The van der Waals surface area contributed by atoms with Crippen molar-refractivity contribution in [1.29, 1.82) is 0 Å². The van der Waals surface area contributed by atoms with Crippen LogP contribution < -0.4 is 0 Å². The van der Waals surface area contributed by atoms with Crippen LogP contribution >= 0.6 is 23.2 Å².